The zero-order valence-electron chi connectivity index (χ0n) is 13.0. The van der Waals surface area contributed by atoms with Gasteiger partial charge < -0.3 is 10.6 Å². The first-order valence-corrected chi connectivity index (χ1v) is 7.09. The average Bonchev–Trinajstić information content (AvgIpc) is 2.40. The van der Waals surface area contributed by atoms with Crippen LogP contribution in [-0.4, -0.2) is 18.4 Å². The minimum absolute atomic E-state index is 0.0746. The molecular formula is C16H23FN2O2. The number of carbonyl (C=O) groups excluding carboxylic acids is 2. The molecule has 1 rings (SSSR count). The molecule has 0 radical (unpaired) electrons. The van der Waals surface area contributed by atoms with Crippen molar-refractivity contribution in [1.82, 2.24) is 5.32 Å². The molecule has 0 bridgehead atoms. The van der Waals surface area contributed by atoms with Gasteiger partial charge in [0.25, 0.3) is 0 Å². The molecule has 2 amide bonds. The van der Waals surface area contributed by atoms with Crippen LogP contribution in [0.4, 0.5) is 10.1 Å². The summed E-state index contributed by atoms with van der Waals surface area (Å²) >= 11 is 0. The Kier molecular flexibility index (Phi) is 5.88. The van der Waals surface area contributed by atoms with Gasteiger partial charge in [-0.15, -0.1) is 0 Å². The van der Waals surface area contributed by atoms with Gasteiger partial charge in [0.2, 0.25) is 11.8 Å². The summed E-state index contributed by atoms with van der Waals surface area (Å²) in [5.74, 6) is -0.950. The maximum absolute atomic E-state index is 13.5. The highest BCUT2D eigenvalue weighted by Gasteiger charge is 2.36. The molecule has 1 aromatic carbocycles. The number of rotatable bonds is 6. The largest absolute Gasteiger partial charge is 0.355 e. The zero-order chi connectivity index (χ0) is 16.0. The Bertz CT molecular complexity index is 513. The number of hydrogen-bond acceptors (Lipinski definition) is 2. The summed E-state index contributed by atoms with van der Waals surface area (Å²) in [4.78, 5) is 24.3. The standard InChI is InChI=1S/C16H23FN2O2/c1-11(2)9-10-18-14(20)16(3,4)15(21)19-13-8-6-5-7-12(13)17/h5-8,11H,9-10H2,1-4H3,(H,18,20)(H,19,21). The number of carbonyl (C=O) groups is 2. The third-order valence-electron chi connectivity index (χ3n) is 3.26. The van der Waals surface area contributed by atoms with Gasteiger partial charge in [-0.05, 0) is 38.3 Å². The monoisotopic (exact) mass is 294 g/mol. The second kappa shape index (κ2) is 7.20. The molecule has 5 heteroatoms. The highest BCUT2D eigenvalue weighted by atomic mass is 19.1. The fourth-order valence-electron chi connectivity index (χ4n) is 1.64. The molecule has 116 valence electrons. The summed E-state index contributed by atoms with van der Waals surface area (Å²) in [5, 5.41) is 5.20. The van der Waals surface area contributed by atoms with Crippen LogP contribution in [0.15, 0.2) is 24.3 Å². The minimum atomic E-state index is -1.26. The van der Waals surface area contributed by atoms with Crippen LogP contribution in [0.25, 0.3) is 0 Å². The van der Waals surface area contributed by atoms with E-state index in [1.807, 2.05) is 0 Å². The summed E-state index contributed by atoms with van der Waals surface area (Å²) in [5.41, 5.74) is -1.19. The summed E-state index contributed by atoms with van der Waals surface area (Å²) in [6.07, 6.45) is 0.844. The van der Waals surface area contributed by atoms with Crippen LogP contribution in [0, 0.1) is 17.2 Å². The van der Waals surface area contributed by atoms with Gasteiger partial charge in [-0.1, -0.05) is 26.0 Å². The smallest absolute Gasteiger partial charge is 0.239 e. The van der Waals surface area contributed by atoms with E-state index in [0.717, 1.165) is 6.42 Å². The topological polar surface area (TPSA) is 58.2 Å². The van der Waals surface area contributed by atoms with Gasteiger partial charge in [-0.25, -0.2) is 4.39 Å². The number of anilines is 1. The van der Waals surface area contributed by atoms with Gasteiger partial charge in [0.1, 0.15) is 11.2 Å². The predicted molar refractivity (Wildman–Crippen MR) is 81.3 cm³/mol. The molecule has 0 saturated heterocycles. The molecule has 0 fully saturated rings. The van der Waals surface area contributed by atoms with Gasteiger partial charge in [-0.3, -0.25) is 9.59 Å². The first-order chi connectivity index (χ1) is 9.75. The van der Waals surface area contributed by atoms with Gasteiger partial charge in [-0.2, -0.15) is 0 Å². The fraction of sp³-hybridized carbons (Fsp3) is 0.500. The lowest BCUT2D eigenvalue weighted by molar-refractivity contribution is -0.138. The molecule has 4 nitrogen and oxygen atoms in total. The fourth-order valence-corrected chi connectivity index (χ4v) is 1.64. The van der Waals surface area contributed by atoms with Crippen LogP contribution in [0.5, 0.6) is 0 Å². The number of para-hydroxylation sites is 1. The van der Waals surface area contributed by atoms with Crippen LogP contribution < -0.4 is 10.6 Å². The molecule has 0 saturated carbocycles. The van der Waals surface area contributed by atoms with Crippen LogP contribution >= 0.6 is 0 Å². The van der Waals surface area contributed by atoms with Gasteiger partial charge in [0, 0.05) is 6.54 Å². The SMILES string of the molecule is CC(C)CCNC(=O)C(C)(C)C(=O)Nc1ccccc1F. The second-order valence-electron chi connectivity index (χ2n) is 6.00. The van der Waals surface area contributed by atoms with E-state index in [4.69, 9.17) is 0 Å². The van der Waals surface area contributed by atoms with E-state index >= 15 is 0 Å². The van der Waals surface area contributed by atoms with E-state index < -0.39 is 17.1 Å². The molecule has 2 N–H and O–H groups in total. The predicted octanol–water partition coefficient (Wildman–Crippen LogP) is 2.95. The quantitative estimate of drug-likeness (QED) is 0.792. The van der Waals surface area contributed by atoms with Gasteiger partial charge in [0.15, 0.2) is 0 Å². The van der Waals surface area contributed by atoms with Crippen molar-refractivity contribution in [2.75, 3.05) is 11.9 Å². The summed E-state index contributed by atoms with van der Waals surface area (Å²) < 4.78 is 13.5. The number of benzene rings is 1. The second-order valence-corrected chi connectivity index (χ2v) is 6.00. The van der Waals surface area contributed by atoms with Crippen molar-refractivity contribution in [3.05, 3.63) is 30.1 Å². The Hall–Kier alpha value is -1.91. The van der Waals surface area contributed by atoms with E-state index in [1.54, 1.807) is 6.07 Å². The van der Waals surface area contributed by atoms with Crippen molar-refractivity contribution in [2.24, 2.45) is 11.3 Å². The lowest BCUT2D eigenvalue weighted by atomic mass is 9.90. The molecule has 0 aliphatic rings. The van der Waals surface area contributed by atoms with Crippen LogP contribution in [-0.2, 0) is 9.59 Å². The summed E-state index contributed by atoms with van der Waals surface area (Å²) in [7, 11) is 0. The average molecular weight is 294 g/mol. The first-order valence-electron chi connectivity index (χ1n) is 7.09. The maximum Gasteiger partial charge on any atom is 0.239 e. The molecule has 0 atom stereocenters. The molecule has 0 unspecified atom stereocenters. The van der Waals surface area contributed by atoms with E-state index in [2.05, 4.69) is 24.5 Å². The molecule has 0 aliphatic carbocycles. The lowest BCUT2D eigenvalue weighted by Gasteiger charge is -2.23. The van der Waals surface area contributed by atoms with Crippen LogP contribution in [0.3, 0.4) is 0 Å². The lowest BCUT2D eigenvalue weighted by Crippen LogP contribution is -2.45. The molecule has 0 spiro atoms. The Morgan fingerprint density at radius 2 is 1.81 bits per heavy atom. The Balaban J connectivity index is 2.66. The molecule has 21 heavy (non-hydrogen) atoms. The summed E-state index contributed by atoms with van der Waals surface area (Å²) in [6.45, 7) is 7.68. The molecule has 1 aromatic rings. The first kappa shape index (κ1) is 17.1. The molecule has 0 heterocycles. The van der Waals surface area contributed by atoms with Crippen molar-refractivity contribution >= 4 is 17.5 Å². The zero-order valence-corrected chi connectivity index (χ0v) is 13.0. The maximum atomic E-state index is 13.5. The van der Waals surface area contributed by atoms with E-state index in [1.165, 1.54) is 32.0 Å². The Morgan fingerprint density at radius 1 is 1.19 bits per heavy atom. The molecule has 0 aromatic heterocycles. The van der Waals surface area contributed by atoms with Gasteiger partial charge in [0.05, 0.1) is 5.69 Å². The number of nitrogens with one attached hydrogen (secondary N) is 2. The van der Waals surface area contributed by atoms with Crippen LogP contribution in [0.2, 0.25) is 0 Å². The number of halogens is 1. The van der Waals surface area contributed by atoms with Crippen LogP contribution in [0.1, 0.15) is 34.1 Å². The normalized spacial score (nSPS) is 11.3. The number of hydrogen-bond donors (Lipinski definition) is 2. The van der Waals surface area contributed by atoms with E-state index in [0.29, 0.717) is 12.5 Å². The Morgan fingerprint density at radius 3 is 2.38 bits per heavy atom. The molecular weight excluding hydrogens is 271 g/mol. The molecule has 0 aliphatic heterocycles. The minimum Gasteiger partial charge on any atom is -0.355 e. The van der Waals surface area contributed by atoms with Crippen molar-refractivity contribution in [3.8, 4) is 0 Å². The number of amides is 2. The van der Waals surface area contributed by atoms with Crippen molar-refractivity contribution in [3.63, 3.8) is 0 Å². The third kappa shape index (κ3) is 4.85. The van der Waals surface area contributed by atoms with E-state index in [9.17, 15) is 14.0 Å². The van der Waals surface area contributed by atoms with Crippen molar-refractivity contribution < 1.29 is 14.0 Å². The Labute approximate surface area is 125 Å². The van der Waals surface area contributed by atoms with Gasteiger partial charge >= 0.3 is 0 Å². The van der Waals surface area contributed by atoms with E-state index in [-0.39, 0.29) is 11.6 Å². The van der Waals surface area contributed by atoms with Crippen molar-refractivity contribution in [1.29, 1.82) is 0 Å². The third-order valence-corrected chi connectivity index (χ3v) is 3.26. The van der Waals surface area contributed by atoms with Crippen molar-refractivity contribution in [2.45, 2.75) is 34.1 Å². The highest BCUT2D eigenvalue weighted by molar-refractivity contribution is 6.09. The highest BCUT2D eigenvalue weighted by Crippen LogP contribution is 2.20. The summed E-state index contributed by atoms with van der Waals surface area (Å²) in [6, 6.07) is 5.87.